The zero-order valence-electron chi connectivity index (χ0n) is 35.4. The van der Waals surface area contributed by atoms with Gasteiger partial charge in [0.2, 0.25) is 0 Å². The molecule has 0 aliphatic heterocycles. The first-order chi connectivity index (χ1) is 31.8. The lowest BCUT2D eigenvalue weighted by molar-refractivity contribution is 0.852. The van der Waals surface area contributed by atoms with Crippen LogP contribution in [0.4, 0.5) is 17.1 Å². The fraction of sp³-hybridized carbons (Fsp3) is 0.0323. The minimum absolute atomic E-state index is 0.276. The van der Waals surface area contributed by atoms with E-state index in [0.717, 1.165) is 23.5 Å². The highest BCUT2D eigenvalue weighted by molar-refractivity contribution is 6.25. The predicted octanol–water partition coefficient (Wildman–Crippen LogP) is 17.2. The molecule has 1 aliphatic rings. The van der Waals surface area contributed by atoms with Gasteiger partial charge in [0.1, 0.15) is 0 Å². The molecule has 0 saturated carbocycles. The van der Waals surface area contributed by atoms with Crippen LogP contribution in [0.2, 0.25) is 0 Å². The maximum absolute atomic E-state index is 2.46. The van der Waals surface area contributed by atoms with Crippen LogP contribution in [-0.2, 0) is 0 Å². The molecule has 0 fully saturated rings. The summed E-state index contributed by atoms with van der Waals surface area (Å²) in [4.78, 5) is 2.46. The minimum atomic E-state index is 0.276. The van der Waals surface area contributed by atoms with Crippen molar-refractivity contribution in [3.05, 3.63) is 254 Å². The molecule has 302 valence electrons. The van der Waals surface area contributed by atoms with Crippen LogP contribution in [0, 0.1) is 0 Å². The van der Waals surface area contributed by atoms with Crippen molar-refractivity contribution in [1.82, 2.24) is 4.57 Å². The van der Waals surface area contributed by atoms with E-state index < -0.39 is 0 Å². The summed E-state index contributed by atoms with van der Waals surface area (Å²) in [6.07, 6.45) is 9.93. The van der Waals surface area contributed by atoms with Crippen molar-refractivity contribution in [2.75, 3.05) is 4.90 Å². The molecule has 0 N–H and O–H groups in total. The molecule has 12 rings (SSSR count). The Morgan fingerprint density at radius 2 is 1.05 bits per heavy atom. The van der Waals surface area contributed by atoms with Crippen molar-refractivity contribution in [3.63, 3.8) is 0 Å². The molecule has 1 heterocycles. The van der Waals surface area contributed by atoms with Gasteiger partial charge in [-0.3, -0.25) is 0 Å². The molecule has 10 aromatic carbocycles. The van der Waals surface area contributed by atoms with Gasteiger partial charge in [-0.1, -0.05) is 194 Å². The Balaban J connectivity index is 0.995. The maximum Gasteiger partial charge on any atom is 0.0547 e. The quantitative estimate of drug-likeness (QED) is 0.148. The molecule has 2 nitrogen and oxygen atoms in total. The fourth-order valence-electron chi connectivity index (χ4n) is 10.1. The molecule has 0 amide bonds. The highest BCUT2D eigenvalue weighted by Crippen LogP contribution is 2.45. The first-order valence-corrected chi connectivity index (χ1v) is 22.3. The molecule has 0 radical (unpaired) electrons. The third-order valence-corrected chi connectivity index (χ3v) is 13.1. The van der Waals surface area contributed by atoms with Crippen LogP contribution in [0.15, 0.2) is 249 Å². The summed E-state index contributed by atoms with van der Waals surface area (Å²) >= 11 is 0. The summed E-state index contributed by atoms with van der Waals surface area (Å²) in [7, 11) is 0. The molecule has 1 aromatic heterocycles. The number of hydrogen-bond acceptors (Lipinski definition) is 1. The lowest BCUT2D eigenvalue weighted by Crippen LogP contribution is -2.13. The Bertz CT molecular complexity index is 3570. The number of anilines is 3. The van der Waals surface area contributed by atoms with Crippen LogP contribution in [0.3, 0.4) is 0 Å². The third-order valence-electron chi connectivity index (χ3n) is 13.1. The van der Waals surface area contributed by atoms with Gasteiger partial charge in [0.05, 0.1) is 11.0 Å². The topological polar surface area (TPSA) is 8.17 Å². The Morgan fingerprint density at radius 3 is 1.86 bits per heavy atom. The van der Waals surface area contributed by atoms with Crippen LogP contribution in [0.5, 0.6) is 0 Å². The SMILES string of the molecule is C1=CCC(c2ccccc2N(c2ccc(-c3ccc(-c4cccc5ccccc45)cc3)cc2)c2cccc(-c3cccc4c3c3c5ccccc5ccc3n4-c3ccccc3)c2)C=C1. The number of aromatic nitrogens is 1. The first kappa shape index (κ1) is 37.6. The van der Waals surface area contributed by atoms with Gasteiger partial charge in [-0.05, 0) is 122 Å². The molecule has 1 atom stereocenters. The number of hydrogen-bond donors (Lipinski definition) is 0. The number of fused-ring (bicyclic) bond motifs is 6. The van der Waals surface area contributed by atoms with Crippen LogP contribution in [0.1, 0.15) is 17.9 Å². The van der Waals surface area contributed by atoms with Gasteiger partial charge in [0.25, 0.3) is 0 Å². The van der Waals surface area contributed by atoms with Gasteiger partial charge in [-0.2, -0.15) is 0 Å². The predicted molar refractivity (Wildman–Crippen MR) is 272 cm³/mol. The van der Waals surface area contributed by atoms with Crippen molar-refractivity contribution < 1.29 is 0 Å². The number of para-hydroxylation sites is 2. The monoisotopic (exact) mass is 816 g/mol. The largest absolute Gasteiger partial charge is 0.310 e. The summed E-state index contributed by atoms with van der Waals surface area (Å²) in [5.74, 6) is 0.276. The Labute approximate surface area is 373 Å². The molecule has 1 unspecified atom stereocenters. The van der Waals surface area contributed by atoms with E-state index in [0.29, 0.717) is 0 Å². The zero-order chi connectivity index (χ0) is 42.4. The van der Waals surface area contributed by atoms with E-state index in [2.05, 4.69) is 258 Å². The highest BCUT2D eigenvalue weighted by atomic mass is 15.1. The van der Waals surface area contributed by atoms with E-state index in [1.807, 2.05) is 0 Å². The second-order valence-electron chi connectivity index (χ2n) is 16.8. The normalized spacial score (nSPS) is 13.6. The van der Waals surface area contributed by atoms with E-state index in [1.165, 1.54) is 88.0 Å². The lowest BCUT2D eigenvalue weighted by Gasteiger charge is -2.30. The smallest absolute Gasteiger partial charge is 0.0547 e. The molecule has 0 spiro atoms. The van der Waals surface area contributed by atoms with Crippen molar-refractivity contribution in [3.8, 4) is 39.1 Å². The van der Waals surface area contributed by atoms with Crippen molar-refractivity contribution >= 4 is 60.4 Å². The van der Waals surface area contributed by atoms with Gasteiger partial charge >= 0.3 is 0 Å². The Morgan fingerprint density at radius 1 is 0.406 bits per heavy atom. The molecule has 2 heteroatoms. The van der Waals surface area contributed by atoms with E-state index >= 15 is 0 Å². The van der Waals surface area contributed by atoms with Crippen molar-refractivity contribution in [1.29, 1.82) is 0 Å². The van der Waals surface area contributed by atoms with Gasteiger partial charge in [-0.15, -0.1) is 0 Å². The summed E-state index contributed by atoms with van der Waals surface area (Å²) < 4.78 is 2.43. The molecular formula is C62H44N2. The highest BCUT2D eigenvalue weighted by Gasteiger charge is 2.23. The average molecular weight is 817 g/mol. The van der Waals surface area contributed by atoms with Crippen LogP contribution >= 0.6 is 0 Å². The molecular weight excluding hydrogens is 773 g/mol. The lowest BCUT2D eigenvalue weighted by atomic mass is 9.90. The fourth-order valence-corrected chi connectivity index (χ4v) is 10.1. The molecule has 0 saturated heterocycles. The van der Waals surface area contributed by atoms with Gasteiger partial charge < -0.3 is 9.47 Å². The summed E-state index contributed by atoms with van der Waals surface area (Å²) in [5.41, 5.74) is 15.5. The van der Waals surface area contributed by atoms with Crippen molar-refractivity contribution in [2.45, 2.75) is 12.3 Å². The van der Waals surface area contributed by atoms with Gasteiger partial charge in [0, 0.05) is 39.4 Å². The van der Waals surface area contributed by atoms with Crippen LogP contribution in [-0.4, -0.2) is 4.57 Å². The van der Waals surface area contributed by atoms with Crippen LogP contribution in [0.25, 0.3) is 82.4 Å². The molecule has 1 aliphatic carbocycles. The number of rotatable bonds is 8. The first-order valence-electron chi connectivity index (χ1n) is 22.3. The van der Waals surface area contributed by atoms with E-state index in [9.17, 15) is 0 Å². The standard InChI is InChI=1S/C62H44N2/c1-3-16-46(17-4-1)55-26-11-12-30-58(55)63(51-39-36-44(37-40-51)43-32-34-48(35-33-43)54-28-14-20-45-18-7-9-25-53(45)54)52-24-13-21-49(42-52)57-29-15-31-59-62(57)61-56-27-10-8-19-47(56)38-41-60(61)64(59)50-22-5-2-6-23-50/h1-16,18-42,46H,17H2. The van der Waals surface area contributed by atoms with E-state index in [1.54, 1.807) is 0 Å². The number of nitrogens with zero attached hydrogens (tertiary/aromatic N) is 2. The molecule has 64 heavy (non-hydrogen) atoms. The second-order valence-corrected chi connectivity index (χ2v) is 16.8. The van der Waals surface area contributed by atoms with Gasteiger partial charge in [-0.25, -0.2) is 0 Å². The van der Waals surface area contributed by atoms with Crippen molar-refractivity contribution in [2.24, 2.45) is 0 Å². The Kier molecular flexibility index (Phi) is 9.34. The second kappa shape index (κ2) is 15.9. The van der Waals surface area contributed by atoms with E-state index in [4.69, 9.17) is 0 Å². The van der Waals surface area contributed by atoms with E-state index in [-0.39, 0.29) is 5.92 Å². The molecule has 0 bridgehead atoms. The third kappa shape index (κ3) is 6.51. The number of allylic oxidation sites excluding steroid dienone is 4. The molecule has 11 aromatic rings. The summed E-state index contributed by atoms with van der Waals surface area (Å²) in [5, 5.41) is 7.57. The maximum atomic E-state index is 2.46. The van der Waals surface area contributed by atoms with Gasteiger partial charge in [0.15, 0.2) is 0 Å². The summed E-state index contributed by atoms with van der Waals surface area (Å²) in [6, 6.07) is 82.3. The summed E-state index contributed by atoms with van der Waals surface area (Å²) in [6.45, 7) is 0. The number of benzene rings is 10. The zero-order valence-corrected chi connectivity index (χ0v) is 35.4. The average Bonchev–Trinajstić information content (AvgIpc) is 3.73. The Hall–Kier alpha value is -8.20. The minimum Gasteiger partial charge on any atom is -0.310 e. The van der Waals surface area contributed by atoms with Crippen LogP contribution < -0.4 is 4.90 Å².